The van der Waals surface area contributed by atoms with Gasteiger partial charge in [0.05, 0.1) is 16.0 Å². The third-order valence-corrected chi connectivity index (χ3v) is 4.19. The second kappa shape index (κ2) is 5.68. The number of nitrogens with zero attached hydrogens (tertiary/aromatic N) is 3. The highest BCUT2D eigenvalue weighted by Crippen LogP contribution is 2.26. The second-order valence-electron chi connectivity index (χ2n) is 5.68. The molecule has 1 aliphatic rings. The Bertz CT molecular complexity index is 706. The topological polar surface area (TPSA) is 61.0 Å². The molecule has 3 rings (SSSR count). The lowest BCUT2D eigenvalue weighted by molar-refractivity contribution is -0.384. The molecule has 1 saturated carbocycles. The van der Waals surface area contributed by atoms with Crippen LogP contribution < -0.4 is 0 Å². The van der Waals surface area contributed by atoms with E-state index in [9.17, 15) is 10.1 Å². The molecule has 0 radical (unpaired) electrons. The van der Waals surface area contributed by atoms with E-state index in [1.165, 1.54) is 37.3 Å². The van der Waals surface area contributed by atoms with E-state index in [0.717, 1.165) is 29.7 Å². The fraction of sp³-hybridized carbons (Fsp3) is 0.438. The van der Waals surface area contributed by atoms with Crippen LogP contribution in [0.5, 0.6) is 0 Å². The summed E-state index contributed by atoms with van der Waals surface area (Å²) in [7, 11) is 1.92. The number of benzene rings is 1. The summed E-state index contributed by atoms with van der Waals surface area (Å²) in [5.41, 5.74) is 3.17. The largest absolute Gasteiger partial charge is 0.327 e. The molecule has 0 amide bonds. The number of allylic oxidation sites excluding steroid dienone is 1. The number of hydrogen-bond donors (Lipinski definition) is 0. The lowest BCUT2D eigenvalue weighted by Crippen LogP contribution is -1.94. The van der Waals surface area contributed by atoms with E-state index in [1.807, 2.05) is 11.6 Å². The van der Waals surface area contributed by atoms with Crippen LogP contribution in [0.25, 0.3) is 17.1 Å². The summed E-state index contributed by atoms with van der Waals surface area (Å²) in [5, 5.41) is 10.9. The van der Waals surface area contributed by atoms with Crippen molar-refractivity contribution in [2.24, 2.45) is 7.05 Å². The van der Waals surface area contributed by atoms with Gasteiger partial charge in [0.2, 0.25) is 0 Å². The van der Waals surface area contributed by atoms with Crippen molar-refractivity contribution in [3.8, 4) is 0 Å². The number of nitro benzene ring substituents is 1. The molecule has 0 aliphatic heterocycles. The summed E-state index contributed by atoms with van der Waals surface area (Å²) in [5.74, 6) is 0.891. The Hall–Kier alpha value is -2.17. The average Bonchev–Trinajstić information content (AvgIpc) is 2.66. The van der Waals surface area contributed by atoms with Crippen LogP contribution in [0.15, 0.2) is 23.8 Å². The zero-order chi connectivity index (χ0) is 14.8. The number of nitro groups is 1. The van der Waals surface area contributed by atoms with E-state index in [4.69, 9.17) is 0 Å². The van der Waals surface area contributed by atoms with Crippen LogP contribution in [0.2, 0.25) is 0 Å². The second-order valence-corrected chi connectivity index (χ2v) is 5.68. The van der Waals surface area contributed by atoms with Gasteiger partial charge in [-0.2, -0.15) is 0 Å². The smallest absolute Gasteiger partial charge is 0.271 e. The first-order valence-electron chi connectivity index (χ1n) is 7.45. The van der Waals surface area contributed by atoms with Crippen LogP contribution in [0.4, 0.5) is 5.69 Å². The van der Waals surface area contributed by atoms with Crippen molar-refractivity contribution in [3.05, 3.63) is 39.7 Å². The van der Waals surface area contributed by atoms with Gasteiger partial charge in [0.15, 0.2) is 0 Å². The number of aromatic nitrogens is 2. The Morgan fingerprint density at radius 2 is 1.95 bits per heavy atom. The molecule has 1 aliphatic carbocycles. The van der Waals surface area contributed by atoms with Gasteiger partial charge in [-0.3, -0.25) is 10.1 Å². The van der Waals surface area contributed by atoms with Crippen molar-refractivity contribution in [2.45, 2.75) is 38.5 Å². The number of hydrogen-bond acceptors (Lipinski definition) is 3. The van der Waals surface area contributed by atoms with Gasteiger partial charge in [0.1, 0.15) is 5.82 Å². The highest BCUT2D eigenvalue weighted by Gasteiger charge is 2.12. The first kappa shape index (κ1) is 13.8. The van der Waals surface area contributed by atoms with Crippen LogP contribution in [0.3, 0.4) is 0 Å². The van der Waals surface area contributed by atoms with Gasteiger partial charge in [-0.15, -0.1) is 0 Å². The molecule has 5 nitrogen and oxygen atoms in total. The maximum atomic E-state index is 10.9. The van der Waals surface area contributed by atoms with Gasteiger partial charge in [-0.1, -0.05) is 18.4 Å². The minimum atomic E-state index is -0.365. The third kappa shape index (κ3) is 2.82. The zero-order valence-electron chi connectivity index (χ0n) is 12.2. The number of rotatable bonds is 2. The van der Waals surface area contributed by atoms with Crippen LogP contribution >= 0.6 is 0 Å². The molecule has 1 aromatic carbocycles. The normalized spacial score (nSPS) is 16.0. The summed E-state index contributed by atoms with van der Waals surface area (Å²) in [6.07, 6.45) is 9.57. The predicted molar refractivity (Wildman–Crippen MR) is 83.0 cm³/mol. The first-order valence-corrected chi connectivity index (χ1v) is 7.45. The monoisotopic (exact) mass is 285 g/mol. The number of aryl methyl sites for hydroxylation is 1. The van der Waals surface area contributed by atoms with Gasteiger partial charge in [-0.05, 0) is 37.8 Å². The lowest BCUT2D eigenvalue weighted by Gasteiger charge is -2.03. The van der Waals surface area contributed by atoms with Crippen molar-refractivity contribution < 1.29 is 4.92 Å². The molecule has 0 N–H and O–H groups in total. The van der Waals surface area contributed by atoms with Gasteiger partial charge >= 0.3 is 0 Å². The fourth-order valence-corrected chi connectivity index (χ4v) is 2.95. The Kier molecular flexibility index (Phi) is 3.73. The molecule has 1 aromatic heterocycles. The van der Waals surface area contributed by atoms with Crippen LogP contribution in [-0.4, -0.2) is 14.5 Å². The molecular weight excluding hydrogens is 266 g/mol. The van der Waals surface area contributed by atoms with Gasteiger partial charge in [-0.25, -0.2) is 4.98 Å². The van der Waals surface area contributed by atoms with Gasteiger partial charge in [0.25, 0.3) is 5.69 Å². The van der Waals surface area contributed by atoms with Crippen molar-refractivity contribution in [1.29, 1.82) is 0 Å². The first-order chi connectivity index (χ1) is 10.1. The third-order valence-electron chi connectivity index (χ3n) is 4.19. The highest BCUT2D eigenvalue weighted by molar-refractivity contribution is 5.80. The Morgan fingerprint density at radius 3 is 2.62 bits per heavy atom. The molecule has 2 aromatic rings. The molecule has 5 heteroatoms. The number of imidazole rings is 1. The van der Waals surface area contributed by atoms with Crippen molar-refractivity contribution in [1.82, 2.24) is 9.55 Å². The lowest BCUT2D eigenvalue weighted by atomic mass is 10.1. The van der Waals surface area contributed by atoms with Crippen LogP contribution in [0, 0.1) is 10.1 Å². The number of non-ortho nitro benzene ring substituents is 1. The SMILES string of the molecule is Cn1c(C=C2CCCCCC2)nc2ccc([N+](=O)[O-])cc21. The van der Waals surface area contributed by atoms with Crippen molar-refractivity contribution in [2.75, 3.05) is 0 Å². The molecule has 1 heterocycles. The average molecular weight is 285 g/mol. The Balaban J connectivity index is 2.01. The van der Waals surface area contributed by atoms with Crippen LogP contribution in [0.1, 0.15) is 44.3 Å². The molecule has 110 valence electrons. The van der Waals surface area contributed by atoms with E-state index in [0.29, 0.717) is 0 Å². The number of fused-ring (bicyclic) bond motifs is 1. The summed E-state index contributed by atoms with van der Waals surface area (Å²) < 4.78 is 1.94. The molecule has 0 bridgehead atoms. The molecule has 1 fully saturated rings. The zero-order valence-corrected chi connectivity index (χ0v) is 12.2. The van der Waals surface area contributed by atoms with E-state index in [2.05, 4.69) is 11.1 Å². The van der Waals surface area contributed by atoms with E-state index < -0.39 is 0 Å². The standard InChI is InChI=1S/C16H19N3O2/c1-18-15-11-13(19(20)21)8-9-14(15)17-16(18)10-12-6-4-2-3-5-7-12/h8-11H,2-7H2,1H3. The summed E-state index contributed by atoms with van der Waals surface area (Å²) in [6, 6.07) is 4.83. The van der Waals surface area contributed by atoms with Gasteiger partial charge in [0, 0.05) is 19.2 Å². The van der Waals surface area contributed by atoms with Crippen molar-refractivity contribution >= 4 is 22.8 Å². The van der Waals surface area contributed by atoms with Crippen LogP contribution in [-0.2, 0) is 7.05 Å². The summed E-state index contributed by atoms with van der Waals surface area (Å²) >= 11 is 0. The minimum absolute atomic E-state index is 0.110. The van der Waals surface area contributed by atoms with E-state index in [1.54, 1.807) is 12.1 Å². The highest BCUT2D eigenvalue weighted by atomic mass is 16.6. The Morgan fingerprint density at radius 1 is 1.24 bits per heavy atom. The maximum Gasteiger partial charge on any atom is 0.271 e. The molecule has 0 spiro atoms. The quantitative estimate of drug-likeness (QED) is 0.471. The molecule has 21 heavy (non-hydrogen) atoms. The molecule has 0 saturated heterocycles. The minimum Gasteiger partial charge on any atom is -0.327 e. The van der Waals surface area contributed by atoms with Crippen molar-refractivity contribution in [3.63, 3.8) is 0 Å². The molecule has 0 atom stereocenters. The molecular formula is C16H19N3O2. The summed E-state index contributed by atoms with van der Waals surface area (Å²) in [6.45, 7) is 0. The van der Waals surface area contributed by atoms with E-state index in [-0.39, 0.29) is 10.6 Å². The fourth-order valence-electron chi connectivity index (χ4n) is 2.95. The Labute approximate surface area is 123 Å². The van der Waals surface area contributed by atoms with Gasteiger partial charge < -0.3 is 4.57 Å². The predicted octanol–water partition coefficient (Wildman–Crippen LogP) is 4.22. The maximum absolute atomic E-state index is 10.9. The summed E-state index contributed by atoms with van der Waals surface area (Å²) in [4.78, 5) is 15.1. The molecule has 0 unspecified atom stereocenters. The van der Waals surface area contributed by atoms with E-state index >= 15 is 0 Å².